The predicted molar refractivity (Wildman–Crippen MR) is 110 cm³/mol. The Labute approximate surface area is 175 Å². The Morgan fingerprint density at radius 3 is 2.45 bits per heavy atom. The molecule has 1 unspecified atom stereocenters. The topological polar surface area (TPSA) is 84.9 Å². The second-order valence-corrected chi connectivity index (χ2v) is 9.45. The summed E-state index contributed by atoms with van der Waals surface area (Å²) in [6.07, 6.45) is 0.739. The van der Waals surface area contributed by atoms with E-state index in [4.69, 9.17) is 21.1 Å². The zero-order valence-electron chi connectivity index (χ0n) is 16.4. The van der Waals surface area contributed by atoms with Crippen LogP contribution in [0.4, 0.5) is 0 Å². The van der Waals surface area contributed by atoms with Gasteiger partial charge < -0.3 is 14.8 Å². The van der Waals surface area contributed by atoms with E-state index in [9.17, 15) is 13.2 Å². The van der Waals surface area contributed by atoms with Crippen LogP contribution in [0.2, 0.25) is 5.02 Å². The molecule has 0 saturated carbocycles. The monoisotopic (exact) mass is 438 g/mol. The number of hydrogen-bond donors (Lipinski definition) is 1. The minimum absolute atomic E-state index is 0.194. The van der Waals surface area contributed by atoms with Gasteiger partial charge in [-0.3, -0.25) is 4.79 Å². The van der Waals surface area contributed by atoms with Gasteiger partial charge in [-0.25, -0.2) is 12.7 Å². The molecule has 1 aliphatic rings. The second kappa shape index (κ2) is 8.61. The van der Waals surface area contributed by atoms with Crippen molar-refractivity contribution < 1.29 is 22.7 Å². The number of rotatable bonds is 5. The van der Waals surface area contributed by atoms with Gasteiger partial charge in [-0.2, -0.15) is 0 Å². The Bertz CT molecular complexity index is 1010. The molecule has 0 radical (unpaired) electrons. The molecular formula is C20H23ClN2O5S. The highest BCUT2D eigenvalue weighted by molar-refractivity contribution is 7.89. The average Bonchev–Trinajstić information content (AvgIpc) is 2.93. The number of hydrogen-bond acceptors (Lipinski definition) is 5. The summed E-state index contributed by atoms with van der Waals surface area (Å²) in [7, 11) is -0.539. The van der Waals surface area contributed by atoms with Gasteiger partial charge >= 0.3 is 0 Å². The normalized spacial score (nSPS) is 14.9. The summed E-state index contributed by atoms with van der Waals surface area (Å²) in [6.45, 7) is 2.82. The van der Waals surface area contributed by atoms with E-state index in [0.717, 1.165) is 16.3 Å². The molecular weight excluding hydrogens is 416 g/mol. The number of amides is 1. The quantitative estimate of drug-likeness (QED) is 0.774. The number of sulfonamides is 1. The van der Waals surface area contributed by atoms with Gasteiger partial charge in [-0.15, -0.1) is 0 Å². The first-order chi connectivity index (χ1) is 13.7. The van der Waals surface area contributed by atoms with Gasteiger partial charge in [-0.1, -0.05) is 23.7 Å². The van der Waals surface area contributed by atoms with Gasteiger partial charge in [0.1, 0.15) is 0 Å². The summed E-state index contributed by atoms with van der Waals surface area (Å²) in [5.41, 5.74) is 1.13. The summed E-state index contributed by atoms with van der Waals surface area (Å²) < 4.78 is 36.7. The highest BCUT2D eigenvalue weighted by Crippen LogP contribution is 2.38. The third kappa shape index (κ3) is 4.66. The third-order valence-corrected chi connectivity index (χ3v) is 6.68. The van der Waals surface area contributed by atoms with E-state index in [-0.39, 0.29) is 16.8 Å². The van der Waals surface area contributed by atoms with Gasteiger partial charge in [-0.05, 0) is 36.8 Å². The van der Waals surface area contributed by atoms with E-state index >= 15 is 0 Å². The van der Waals surface area contributed by atoms with Crippen molar-refractivity contribution in [3.63, 3.8) is 0 Å². The molecule has 1 aliphatic heterocycles. The smallest absolute Gasteiger partial charge is 0.251 e. The number of carbonyl (C=O) groups is 1. The Morgan fingerprint density at radius 2 is 1.79 bits per heavy atom. The number of benzene rings is 2. The molecule has 9 heteroatoms. The van der Waals surface area contributed by atoms with Crippen LogP contribution in [0.25, 0.3) is 0 Å². The number of nitrogens with one attached hydrogen (secondary N) is 1. The summed E-state index contributed by atoms with van der Waals surface area (Å²) in [5, 5.41) is 3.21. The van der Waals surface area contributed by atoms with E-state index < -0.39 is 10.0 Å². The van der Waals surface area contributed by atoms with Crippen LogP contribution in [-0.2, 0) is 10.0 Å². The van der Waals surface area contributed by atoms with E-state index in [0.29, 0.717) is 35.3 Å². The lowest BCUT2D eigenvalue weighted by Crippen LogP contribution is -2.27. The molecule has 156 valence electrons. The fraction of sp³-hybridized carbons (Fsp3) is 0.350. The lowest BCUT2D eigenvalue weighted by molar-refractivity contribution is 0.0939. The molecule has 1 atom stereocenters. The number of nitrogens with zero attached hydrogens (tertiary/aromatic N) is 1. The molecule has 2 aromatic rings. The summed E-state index contributed by atoms with van der Waals surface area (Å²) in [4.78, 5) is 12.9. The highest BCUT2D eigenvalue weighted by Gasteiger charge is 2.21. The van der Waals surface area contributed by atoms with Crippen LogP contribution in [0, 0.1) is 0 Å². The summed E-state index contributed by atoms with van der Waals surface area (Å²) >= 11 is 6.26. The van der Waals surface area contributed by atoms with Crippen LogP contribution in [0.1, 0.15) is 35.3 Å². The van der Waals surface area contributed by atoms with Crippen molar-refractivity contribution in [2.75, 3.05) is 27.3 Å². The van der Waals surface area contributed by atoms with Crippen molar-refractivity contribution in [1.82, 2.24) is 9.62 Å². The standard InChI is InChI=1S/C20H23ClN2O5S/c1-13(14-5-7-16(8-6-14)29(25,26)23(2)3)22-20(24)15-11-17(21)19-18(12-15)27-9-4-10-28-19/h5-8,11-13H,4,9-10H2,1-3H3,(H,22,24). The molecule has 2 aromatic carbocycles. The second-order valence-electron chi connectivity index (χ2n) is 6.89. The maximum Gasteiger partial charge on any atom is 0.251 e. The van der Waals surface area contributed by atoms with Crippen molar-refractivity contribution in [3.8, 4) is 11.5 Å². The third-order valence-electron chi connectivity index (χ3n) is 4.57. The van der Waals surface area contributed by atoms with Gasteiger partial charge in [0.25, 0.3) is 5.91 Å². The Kier molecular flexibility index (Phi) is 6.36. The molecule has 3 rings (SSSR count). The number of fused-ring (bicyclic) bond motifs is 1. The molecule has 0 aromatic heterocycles. The predicted octanol–water partition coefficient (Wildman–Crippen LogP) is 3.24. The van der Waals surface area contributed by atoms with E-state index in [1.807, 2.05) is 6.92 Å². The first-order valence-corrected chi connectivity index (χ1v) is 10.9. The molecule has 1 N–H and O–H groups in total. The molecule has 0 saturated heterocycles. The van der Waals surface area contributed by atoms with E-state index in [2.05, 4.69) is 5.32 Å². The molecule has 0 fully saturated rings. The molecule has 1 amide bonds. The van der Waals surface area contributed by atoms with Gasteiger partial charge in [0.15, 0.2) is 11.5 Å². The summed E-state index contributed by atoms with van der Waals surface area (Å²) in [6, 6.07) is 9.24. The van der Waals surface area contributed by atoms with Crippen molar-refractivity contribution in [1.29, 1.82) is 0 Å². The van der Waals surface area contributed by atoms with Gasteiger partial charge in [0, 0.05) is 26.1 Å². The van der Waals surface area contributed by atoms with Crippen LogP contribution < -0.4 is 14.8 Å². The highest BCUT2D eigenvalue weighted by atomic mass is 35.5. The average molecular weight is 439 g/mol. The molecule has 0 bridgehead atoms. The number of ether oxygens (including phenoxy) is 2. The lowest BCUT2D eigenvalue weighted by atomic mass is 10.1. The van der Waals surface area contributed by atoms with Crippen molar-refractivity contribution in [2.45, 2.75) is 24.3 Å². The van der Waals surface area contributed by atoms with Crippen LogP contribution in [-0.4, -0.2) is 45.9 Å². The lowest BCUT2D eigenvalue weighted by Gasteiger charge is -2.17. The minimum Gasteiger partial charge on any atom is -0.489 e. The Balaban J connectivity index is 1.76. The molecule has 1 heterocycles. The van der Waals surface area contributed by atoms with Crippen LogP contribution in [0.5, 0.6) is 11.5 Å². The zero-order chi connectivity index (χ0) is 21.2. The van der Waals surface area contributed by atoms with Crippen LogP contribution in [0.15, 0.2) is 41.3 Å². The fourth-order valence-corrected chi connectivity index (χ4v) is 4.03. The van der Waals surface area contributed by atoms with E-state index in [1.165, 1.54) is 26.2 Å². The number of halogens is 1. The molecule has 29 heavy (non-hydrogen) atoms. The largest absolute Gasteiger partial charge is 0.489 e. The molecule has 0 aliphatic carbocycles. The first-order valence-electron chi connectivity index (χ1n) is 9.12. The summed E-state index contributed by atoms with van der Waals surface area (Å²) in [5.74, 6) is 0.581. The van der Waals surface area contributed by atoms with E-state index in [1.54, 1.807) is 24.3 Å². The van der Waals surface area contributed by atoms with Crippen molar-refractivity contribution >= 4 is 27.5 Å². The van der Waals surface area contributed by atoms with Gasteiger partial charge in [0.2, 0.25) is 10.0 Å². The van der Waals surface area contributed by atoms with Crippen LogP contribution >= 0.6 is 11.6 Å². The van der Waals surface area contributed by atoms with Gasteiger partial charge in [0.05, 0.1) is 29.2 Å². The number of carbonyl (C=O) groups excluding carboxylic acids is 1. The minimum atomic E-state index is -3.50. The Hall–Kier alpha value is -2.29. The molecule has 7 nitrogen and oxygen atoms in total. The zero-order valence-corrected chi connectivity index (χ0v) is 18.0. The van der Waals surface area contributed by atoms with Crippen molar-refractivity contribution in [2.24, 2.45) is 0 Å². The maximum atomic E-state index is 12.7. The Morgan fingerprint density at radius 1 is 1.14 bits per heavy atom. The van der Waals surface area contributed by atoms with Crippen LogP contribution in [0.3, 0.4) is 0 Å². The maximum absolute atomic E-state index is 12.7. The molecule has 0 spiro atoms. The fourth-order valence-electron chi connectivity index (χ4n) is 2.86. The van der Waals surface area contributed by atoms with Crippen molar-refractivity contribution in [3.05, 3.63) is 52.5 Å². The first kappa shape index (κ1) is 21.4. The SMILES string of the molecule is CC(NC(=O)c1cc(Cl)c2c(c1)OCCCO2)c1ccc(S(=O)(=O)N(C)C)cc1.